The van der Waals surface area contributed by atoms with Crippen molar-refractivity contribution >= 4 is 11.6 Å². The van der Waals surface area contributed by atoms with Crippen LogP contribution >= 0.6 is 0 Å². The second-order valence-electron chi connectivity index (χ2n) is 5.88. The van der Waals surface area contributed by atoms with Crippen LogP contribution in [-0.4, -0.2) is 26.2 Å². The summed E-state index contributed by atoms with van der Waals surface area (Å²) in [6.07, 6.45) is 0. The number of hydrogen-bond acceptors (Lipinski definition) is 4. The lowest BCUT2D eigenvalue weighted by atomic mass is 10.1. The molecule has 1 heterocycles. The molecule has 24 heavy (non-hydrogen) atoms. The van der Waals surface area contributed by atoms with E-state index in [-0.39, 0.29) is 5.91 Å². The fraction of sp³-hybridized carbons (Fsp3) is 0.316. The van der Waals surface area contributed by atoms with E-state index in [9.17, 15) is 4.79 Å². The Balaban J connectivity index is 1.76. The quantitative estimate of drug-likeness (QED) is 0.802. The van der Waals surface area contributed by atoms with Gasteiger partial charge in [0.05, 0.1) is 12.3 Å². The number of carbonyl (C=O) groups excluding carboxylic acids is 1. The lowest BCUT2D eigenvalue weighted by Gasteiger charge is -2.13. The van der Waals surface area contributed by atoms with Crippen LogP contribution in [0.4, 0.5) is 5.69 Å². The third kappa shape index (κ3) is 3.75. The second kappa shape index (κ2) is 7.47. The van der Waals surface area contributed by atoms with Crippen LogP contribution in [0.3, 0.4) is 0 Å². The van der Waals surface area contributed by atoms with Crippen LogP contribution in [-0.2, 0) is 17.8 Å². The summed E-state index contributed by atoms with van der Waals surface area (Å²) in [6.45, 7) is 4.60. The van der Waals surface area contributed by atoms with Gasteiger partial charge in [-0.3, -0.25) is 4.79 Å². The van der Waals surface area contributed by atoms with Crippen molar-refractivity contribution in [2.45, 2.75) is 20.0 Å². The van der Waals surface area contributed by atoms with Crippen LogP contribution in [0.25, 0.3) is 0 Å². The molecule has 2 aromatic carbocycles. The summed E-state index contributed by atoms with van der Waals surface area (Å²) in [5.41, 5.74) is 4.83. The monoisotopic (exact) mass is 326 g/mol. The molecule has 0 aromatic heterocycles. The van der Waals surface area contributed by atoms with E-state index >= 15 is 0 Å². The molecule has 0 fully saturated rings. The van der Waals surface area contributed by atoms with Crippen LogP contribution in [0.1, 0.15) is 27.0 Å². The first-order chi connectivity index (χ1) is 11.7. The van der Waals surface area contributed by atoms with Gasteiger partial charge in [-0.05, 0) is 47.9 Å². The van der Waals surface area contributed by atoms with Gasteiger partial charge in [0.25, 0.3) is 5.91 Å². The van der Waals surface area contributed by atoms with Gasteiger partial charge in [0.1, 0.15) is 12.4 Å². The third-order valence-electron chi connectivity index (χ3n) is 4.03. The molecule has 1 aliphatic heterocycles. The fourth-order valence-electron chi connectivity index (χ4n) is 2.72. The summed E-state index contributed by atoms with van der Waals surface area (Å²) in [6, 6.07) is 11.5. The molecule has 5 heteroatoms. The molecule has 0 unspecified atom stereocenters. The number of amides is 1. The van der Waals surface area contributed by atoms with Crippen LogP contribution in [0, 0.1) is 6.92 Å². The van der Waals surface area contributed by atoms with E-state index in [2.05, 4.69) is 10.6 Å². The minimum atomic E-state index is -0.134. The molecule has 0 bridgehead atoms. The number of methoxy groups -OCH3 is 1. The Morgan fingerprint density at radius 3 is 2.79 bits per heavy atom. The zero-order chi connectivity index (χ0) is 16.9. The van der Waals surface area contributed by atoms with E-state index in [1.807, 2.05) is 43.3 Å². The molecular weight excluding hydrogens is 304 g/mol. The minimum Gasteiger partial charge on any atom is -0.489 e. The van der Waals surface area contributed by atoms with Crippen molar-refractivity contribution in [3.8, 4) is 5.75 Å². The van der Waals surface area contributed by atoms with Crippen LogP contribution in [0.15, 0.2) is 36.4 Å². The van der Waals surface area contributed by atoms with E-state index < -0.39 is 0 Å². The predicted molar refractivity (Wildman–Crippen MR) is 93.5 cm³/mol. The van der Waals surface area contributed by atoms with Gasteiger partial charge in [-0.25, -0.2) is 0 Å². The Hall–Kier alpha value is -2.37. The summed E-state index contributed by atoms with van der Waals surface area (Å²) in [7, 11) is 1.63. The van der Waals surface area contributed by atoms with Crippen LogP contribution in [0.2, 0.25) is 0 Å². The Morgan fingerprint density at radius 2 is 1.96 bits per heavy atom. The van der Waals surface area contributed by atoms with Gasteiger partial charge in [-0.2, -0.15) is 0 Å². The molecule has 2 N–H and O–H groups in total. The number of hydrogen-bond donors (Lipinski definition) is 2. The Labute approximate surface area is 142 Å². The number of aryl methyl sites for hydroxylation is 1. The first-order valence-electron chi connectivity index (χ1n) is 8.03. The highest BCUT2D eigenvalue weighted by Crippen LogP contribution is 2.27. The molecule has 0 aliphatic carbocycles. The van der Waals surface area contributed by atoms with Crippen molar-refractivity contribution in [3.63, 3.8) is 0 Å². The fourth-order valence-corrected chi connectivity index (χ4v) is 2.72. The maximum atomic E-state index is 12.6. The zero-order valence-corrected chi connectivity index (χ0v) is 14.0. The lowest BCUT2D eigenvalue weighted by Crippen LogP contribution is -2.14. The first-order valence-corrected chi connectivity index (χ1v) is 8.03. The van der Waals surface area contributed by atoms with Crippen molar-refractivity contribution in [2.75, 3.05) is 25.6 Å². The summed E-state index contributed by atoms with van der Waals surface area (Å²) in [5, 5.41) is 6.23. The van der Waals surface area contributed by atoms with Gasteiger partial charge in [-0.1, -0.05) is 12.1 Å². The van der Waals surface area contributed by atoms with Crippen molar-refractivity contribution in [2.24, 2.45) is 0 Å². The molecule has 0 spiro atoms. The largest absolute Gasteiger partial charge is 0.489 e. The summed E-state index contributed by atoms with van der Waals surface area (Å²) < 4.78 is 10.7. The molecule has 5 nitrogen and oxygen atoms in total. The molecule has 2 aromatic rings. The molecule has 0 saturated heterocycles. The summed E-state index contributed by atoms with van der Waals surface area (Å²) in [5.74, 6) is 0.522. The van der Waals surface area contributed by atoms with Crippen LogP contribution in [0.5, 0.6) is 5.75 Å². The number of fused-ring (bicyclic) bond motifs is 1. The number of benzene rings is 2. The van der Waals surface area contributed by atoms with Crippen LogP contribution < -0.4 is 15.4 Å². The Morgan fingerprint density at radius 1 is 1.12 bits per heavy atom. The maximum Gasteiger partial charge on any atom is 0.255 e. The van der Waals surface area contributed by atoms with Crippen molar-refractivity contribution in [1.82, 2.24) is 5.32 Å². The van der Waals surface area contributed by atoms with Crippen molar-refractivity contribution < 1.29 is 14.3 Å². The van der Waals surface area contributed by atoms with E-state index in [0.29, 0.717) is 30.2 Å². The maximum absolute atomic E-state index is 12.6. The number of ether oxygens (including phenoxy) is 2. The normalized spacial score (nSPS) is 12.8. The standard InChI is InChI=1S/C19H22N2O3/c1-13-3-6-17(18(9-13)24-8-7-23-2)21-19(22)14-4-5-15-11-20-12-16(15)10-14/h3-6,9-10,20H,7-8,11-12H2,1-2H3,(H,21,22). The van der Waals surface area contributed by atoms with Gasteiger partial charge in [0.15, 0.2) is 0 Å². The van der Waals surface area contributed by atoms with E-state index in [0.717, 1.165) is 18.7 Å². The molecule has 1 aliphatic rings. The van der Waals surface area contributed by atoms with Gasteiger partial charge >= 0.3 is 0 Å². The molecule has 1 amide bonds. The first kappa shape index (κ1) is 16.5. The second-order valence-corrected chi connectivity index (χ2v) is 5.88. The highest BCUT2D eigenvalue weighted by Gasteiger charge is 2.15. The zero-order valence-electron chi connectivity index (χ0n) is 14.0. The molecular formula is C19H22N2O3. The van der Waals surface area contributed by atoms with Crippen molar-refractivity contribution in [3.05, 3.63) is 58.7 Å². The average Bonchev–Trinajstić information content (AvgIpc) is 3.05. The molecule has 0 saturated carbocycles. The number of anilines is 1. The number of carbonyl (C=O) groups is 1. The van der Waals surface area contributed by atoms with Gasteiger partial charge in [-0.15, -0.1) is 0 Å². The summed E-state index contributed by atoms with van der Waals surface area (Å²) >= 11 is 0. The Kier molecular flexibility index (Phi) is 5.13. The highest BCUT2D eigenvalue weighted by molar-refractivity contribution is 6.05. The van der Waals surface area contributed by atoms with E-state index in [1.165, 1.54) is 11.1 Å². The molecule has 0 atom stereocenters. The van der Waals surface area contributed by atoms with Gasteiger partial charge in [0.2, 0.25) is 0 Å². The SMILES string of the molecule is COCCOc1cc(C)ccc1NC(=O)c1ccc2c(c1)CNC2. The number of rotatable bonds is 6. The minimum absolute atomic E-state index is 0.134. The molecule has 3 rings (SSSR count). The average molecular weight is 326 g/mol. The smallest absolute Gasteiger partial charge is 0.255 e. The third-order valence-corrected chi connectivity index (χ3v) is 4.03. The van der Waals surface area contributed by atoms with E-state index in [1.54, 1.807) is 7.11 Å². The van der Waals surface area contributed by atoms with Gasteiger partial charge in [0, 0.05) is 25.8 Å². The Bertz CT molecular complexity index is 743. The highest BCUT2D eigenvalue weighted by atomic mass is 16.5. The molecule has 0 radical (unpaired) electrons. The van der Waals surface area contributed by atoms with Gasteiger partial charge < -0.3 is 20.1 Å². The topological polar surface area (TPSA) is 59.6 Å². The predicted octanol–water partition coefficient (Wildman–Crippen LogP) is 2.88. The van der Waals surface area contributed by atoms with Crippen molar-refractivity contribution in [1.29, 1.82) is 0 Å². The number of nitrogens with one attached hydrogen (secondary N) is 2. The molecule has 126 valence electrons. The lowest BCUT2D eigenvalue weighted by molar-refractivity contribution is 0.102. The van der Waals surface area contributed by atoms with E-state index in [4.69, 9.17) is 9.47 Å². The summed E-state index contributed by atoms with van der Waals surface area (Å²) in [4.78, 5) is 12.6.